The number of ether oxygens (including phenoxy) is 3. The van der Waals surface area contributed by atoms with Crippen LogP contribution in [-0.2, 0) is 4.74 Å². The molecule has 0 bridgehead atoms. The zero-order valence-corrected chi connectivity index (χ0v) is 17.4. The number of aromatic nitrogens is 2. The summed E-state index contributed by atoms with van der Waals surface area (Å²) in [5, 5.41) is 3.79. The minimum atomic E-state index is -0.256. The molecule has 1 aromatic heterocycles. The molecule has 0 aliphatic carbocycles. The van der Waals surface area contributed by atoms with Crippen molar-refractivity contribution in [2.24, 2.45) is 0 Å². The van der Waals surface area contributed by atoms with Gasteiger partial charge in [0.05, 0.1) is 31.5 Å². The third-order valence-electron chi connectivity index (χ3n) is 5.54. The van der Waals surface area contributed by atoms with Crippen LogP contribution >= 0.6 is 0 Å². The van der Waals surface area contributed by atoms with Gasteiger partial charge in [-0.1, -0.05) is 13.0 Å². The number of methoxy groups -OCH3 is 1. The molecule has 2 atom stereocenters. The van der Waals surface area contributed by atoms with Gasteiger partial charge in [0.1, 0.15) is 18.2 Å². The van der Waals surface area contributed by atoms with Gasteiger partial charge in [-0.15, -0.1) is 0 Å². The second-order valence-corrected chi connectivity index (χ2v) is 7.33. The summed E-state index contributed by atoms with van der Waals surface area (Å²) in [6.07, 6.45) is 3.06. The van der Waals surface area contributed by atoms with Crippen molar-refractivity contribution in [3.8, 4) is 11.5 Å². The van der Waals surface area contributed by atoms with Crippen LogP contribution in [0.5, 0.6) is 11.5 Å². The number of nitrogens with one attached hydrogen (secondary N) is 1. The smallest absolute Gasteiger partial charge is 0.163 e. The molecule has 158 valence electrons. The van der Waals surface area contributed by atoms with Crippen LogP contribution in [-0.4, -0.2) is 43.4 Å². The van der Waals surface area contributed by atoms with Crippen molar-refractivity contribution in [2.75, 3.05) is 32.7 Å². The Morgan fingerprint density at radius 3 is 2.77 bits per heavy atom. The maximum Gasteiger partial charge on any atom is 0.163 e. The number of benzene rings is 2. The van der Waals surface area contributed by atoms with E-state index in [-0.39, 0.29) is 17.8 Å². The second kappa shape index (κ2) is 8.83. The standard InChI is InChI=1S/C23H26FN3O3/c1-4-16(17-6-5-14(25-2)9-19(17)24)23-18-10-21(28-3)22(11-20(18)26-13-27-23)30-15-7-8-29-12-15/h5-6,9-11,13,15-16,25H,4,7-8,12H2,1-3H3. The summed E-state index contributed by atoms with van der Waals surface area (Å²) >= 11 is 0. The molecule has 1 fully saturated rings. The predicted molar refractivity (Wildman–Crippen MR) is 114 cm³/mol. The molecule has 0 saturated carbocycles. The normalized spacial score (nSPS) is 17.1. The van der Waals surface area contributed by atoms with Crippen LogP contribution in [0.25, 0.3) is 10.9 Å². The lowest BCUT2D eigenvalue weighted by molar-refractivity contribution is 0.139. The SMILES string of the molecule is CCC(c1ccc(NC)cc1F)c1ncnc2cc(OC3CCOC3)c(OC)cc12. The van der Waals surface area contributed by atoms with Gasteiger partial charge < -0.3 is 19.5 Å². The van der Waals surface area contributed by atoms with Crippen molar-refractivity contribution >= 4 is 16.6 Å². The summed E-state index contributed by atoms with van der Waals surface area (Å²) < 4.78 is 31.9. The average molecular weight is 411 g/mol. The monoisotopic (exact) mass is 411 g/mol. The third kappa shape index (κ3) is 3.89. The molecular formula is C23H26FN3O3. The first-order valence-electron chi connectivity index (χ1n) is 10.2. The molecule has 2 unspecified atom stereocenters. The van der Waals surface area contributed by atoms with Crippen LogP contribution in [0.2, 0.25) is 0 Å². The zero-order valence-electron chi connectivity index (χ0n) is 17.4. The molecule has 0 spiro atoms. The molecule has 2 aromatic carbocycles. The van der Waals surface area contributed by atoms with Crippen molar-refractivity contribution < 1.29 is 18.6 Å². The molecule has 2 heterocycles. The molecule has 1 aliphatic rings. The van der Waals surface area contributed by atoms with Crippen LogP contribution in [0.3, 0.4) is 0 Å². The Bertz CT molecular complexity index is 1040. The van der Waals surface area contributed by atoms with E-state index < -0.39 is 0 Å². The Balaban J connectivity index is 1.78. The molecule has 3 aromatic rings. The van der Waals surface area contributed by atoms with Gasteiger partial charge in [0.2, 0.25) is 0 Å². The van der Waals surface area contributed by atoms with E-state index in [0.717, 1.165) is 28.7 Å². The molecule has 7 heteroatoms. The number of hydrogen-bond acceptors (Lipinski definition) is 6. The summed E-state index contributed by atoms with van der Waals surface area (Å²) in [4.78, 5) is 8.97. The molecule has 1 N–H and O–H groups in total. The Morgan fingerprint density at radius 1 is 1.23 bits per heavy atom. The van der Waals surface area contributed by atoms with E-state index in [0.29, 0.717) is 36.7 Å². The fourth-order valence-electron chi connectivity index (χ4n) is 3.92. The molecular weight excluding hydrogens is 385 g/mol. The number of halogens is 1. The molecule has 1 aliphatic heterocycles. The summed E-state index contributed by atoms with van der Waals surface area (Å²) in [6, 6.07) is 8.96. The summed E-state index contributed by atoms with van der Waals surface area (Å²) in [5.41, 5.74) is 2.85. The first kappa shape index (κ1) is 20.3. The Hall–Kier alpha value is -2.93. The van der Waals surface area contributed by atoms with Crippen LogP contribution in [0.4, 0.5) is 10.1 Å². The van der Waals surface area contributed by atoms with Crippen LogP contribution < -0.4 is 14.8 Å². The van der Waals surface area contributed by atoms with Gasteiger partial charge >= 0.3 is 0 Å². The van der Waals surface area contributed by atoms with Crippen molar-refractivity contribution in [1.29, 1.82) is 0 Å². The Labute approximate surface area is 175 Å². The average Bonchev–Trinajstić information content (AvgIpc) is 3.28. The molecule has 30 heavy (non-hydrogen) atoms. The molecule has 4 rings (SSSR count). The van der Waals surface area contributed by atoms with Gasteiger partial charge in [0.25, 0.3) is 0 Å². The highest BCUT2D eigenvalue weighted by molar-refractivity contribution is 5.85. The van der Waals surface area contributed by atoms with Gasteiger partial charge in [0.15, 0.2) is 11.5 Å². The van der Waals surface area contributed by atoms with E-state index in [1.54, 1.807) is 14.2 Å². The molecule has 0 amide bonds. The lowest BCUT2D eigenvalue weighted by Crippen LogP contribution is -2.16. The third-order valence-corrected chi connectivity index (χ3v) is 5.54. The lowest BCUT2D eigenvalue weighted by Gasteiger charge is -2.20. The number of hydrogen-bond donors (Lipinski definition) is 1. The van der Waals surface area contributed by atoms with E-state index in [4.69, 9.17) is 14.2 Å². The predicted octanol–water partition coefficient (Wildman–Crippen LogP) is 4.53. The lowest BCUT2D eigenvalue weighted by atomic mass is 9.90. The quantitative estimate of drug-likeness (QED) is 0.616. The van der Waals surface area contributed by atoms with E-state index in [9.17, 15) is 4.39 Å². The molecule has 0 radical (unpaired) electrons. The van der Waals surface area contributed by atoms with Crippen molar-refractivity contribution in [3.05, 3.63) is 53.7 Å². The highest BCUT2D eigenvalue weighted by Gasteiger charge is 2.23. The van der Waals surface area contributed by atoms with Gasteiger partial charge in [-0.3, -0.25) is 0 Å². The van der Waals surface area contributed by atoms with Gasteiger partial charge in [-0.25, -0.2) is 14.4 Å². The minimum Gasteiger partial charge on any atom is -0.493 e. The van der Waals surface area contributed by atoms with Gasteiger partial charge in [-0.2, -0.15) is 0 Å². The van der Waals surface area contributed by atoms with E-state index >= 15 is 0 Å². The highest BCUT2D eigenvalue weighted by atomic mass is 19.1. The fourth-order valence-corrected chi connectivity index (χ4v) is 3.92. The Morgan fingerprint density at radius 2 is 2.10 bits per heavy atom. The van der Waals surface area contributed by atoms with E-state index in [2.05, 4.69) is 15.3 Å². The van der Waals surface area contributed by atoms with Crippen molar-refractivity contribution in [3.63, 3.8) is 0 Å². The number of rotatable bonds is 7. The van der Waals surface area contributed by atoms with Crippen molar-refractivity contribution in [2.45, 2.75) is 31.8 Å². The highest BCUT2D eigenvalue weighted by Crippen LogP contribution is 2.38. The zero-order chi connectivity index (χ0) is 21.1. The van der Waals surface area contributed by atoms with Crippen LogP contribution in [0.1, 0.15) is 36.9 Å². The summed E-state index contributed by atoms with van der Waals surface area (Å²) in [7, 11) is 3.38. The van der Waals surface area contributed by atoms with E-state index in [1.165, 1.54) is 12.4 Å². The summed E-state index contributed by atoms with van der Waals surface area (Å²) in [6.45, 7) is 3.29. The maximum absolute atomic E-state index is 14.9. The van der Waals surface area contributed by atoms with Gasteiger partial charge in [-0.05, 0) is 30.2 Å². The molecule has 1 saturated heterocycles. The molecule has 6 nitrogen and oxygen atoms in total. The van der Waals surface area contributed by atoms with Gasteiger partial charge in [0, 0.05) is 36.5 Å². The second-order valence-electron chi connectivity index (χ2n) is 7.33. The maximum atomic E-state index is 14.9. The number of fused-ring (bicyclic) bond motifs is 1. The first-order valence-corrected chi connectivity index (χ1v) is 10.2. The van der Waals surface area contributed by atoms with Crippen LogP contribution in [0, 0.1) is 5.82 Å². The number of nitrogens with zero attached hydrogens (tertiary/aromatic N) is 2. The largest absolute Gasteiger partial charge is 0.493 e. The Kier molecular flexibility index (Phi) is 5.99. The fraction of sp³-hybridized carbons (Fsp3) is 0.391. The first-order chi connectivity index (χ1) is 14.6. The summed E-state index contributed by atoms with van der Waals surface area (Å²) in [5.74, 6) is 0.767. The van der Waals surface area contributed by atoms with Crippen molar-refractivity contribution in [1.82, 2.24) is 9.97 Å². The minimum absolute atomic E-state index is 0.000772. The number of anilines is 1. The topological polar surface area (TPSA) is 65.5 Å². The van der Waals surface area contributed by atoms with Crippen LogP contribution in [0.15, 0.2) is 36.7 Å². The van der Waals surface area contributed by atoms with E-state index in [1.807, 2.05) is 31.2 Å².